The van der Waals surface area contributed by atoms with Crippen LogP contribution in [0.25, 0.3) is 0 Å². The minimum absolute atomic E-state index is 0.537. The first-order valence-corrected chi connectivity index (χ1v) is 8.22. The summed E-state index contributed by atoms with van der Waals surface area (Å²) in [5, 5.41) is 7.59. The lowest BCUT2D eigenvalue weighted by Gasteiger charge is -2.05. The van der Waals surface area contributed by atoms with Crippen LogP contribution in [0.1, 0.15) is 63.6 Å². The number of nitrogens with two attached hydrogens (primary N) is 1. The van der Waals surface area contributed by atoms with Crippen LogP contribution < -0.4 is 11.1 Å². The van der Waals surface area contributed by atoms with Crippen LogP contribution in [-0.2, 0) is 20.0 Å². The lowest BCUT2D eigenvalue weighted by molar-refractivity contribution is 0.601. The van der Waals surface area contributed by atoms with Crippen LogP contribution in [0.2, 0.25) is 0 Å². The highest BCUT2D eigenvalue weighted by molar-refractivity contribution is 5.77. The molecule has 0 aliphatic heterocycles. The number of nitrogens with zero attached hydrogens (tertiary/aromatic N) is 3. The molecular weight excluding hydrogens is 262 g/mol. The Balaban J connectivity index is 2.21. The Morgan fingerprint density at radius 3 is 2.67 bits per heavy atom. The SMILES string of the molecule is CCCCCCCCNC(N)=NCc1cn(C)nc1CC. The van der Waals surface area contributed by atoms with Crippen LogP contribution in [0, 0.1) is 0 Å². The van der Waals surface area contributed by atoms with Crippen molar-refractivity contribution < 1.29 is 0 Å². The molecule has 0 amide bonds. The highest BCUT2D eigenvalue weighted by atomic mass is 15.3. The molecule has 5 nitrogen and oxygen atoms in total. The normalized spacial score (nSPS) is 11.9. The average molecular weight is 293 g/mol. The molecule has 120 valence electrons. The van der Waals surface area contributed by atoms with E-state index in [-0.39, 0.29) is 0 Å². The van der Waals surface area contributed by atoms with E-state index in [2.05, 4.69) is 29.3 Å². The van der Waals surface area contributed by atoms with Crippen molar-refractivity contribution in [2.45, 2.75) is 65.3 Å². The number of hydrogen-bond donors (Lipinski definition) is 2. The Labute approximate surface area is 129 Å². The minimum atomic E-state index is 0.537. The molecule has 0 saturated heterocycles. The monoisotopic (exact) mass is 293 g/mol. The Bertz CT molecular complexity index is 422. The highest BCUT2D eigenvalue weighted by Crippen LogP contribution is 2.08. The molecule has 5 heteroatoms. The Hall–Kier alpha value is -1.52. The van der Waals surface area contributed by atoms with Crippen molar-refractivity contribution in [2.24, 2.45) is 17.8 Å². The van der Waals surface area contributed by atoms with Gasteiger partial charge in [0.1, 0.15) is 0 Å². The van der Waals surface area contributed by atoms with Crippen molar-refractivity contribution >= 4 is 5.96 Å². The van der Waals surface area contributed by atoms with Gasteiger partial charge in [0, 0.05) is 25.4 Å². The summed E-state index contributed by atoms with van der Waals surface area (Å²) in [4.78, 5) is 4.39. The van der Waals surface area contributed by atoms with Gasteiger partial charge in [0.25, 0.3) is 0 Å². The summed E-state index contributed by atoms with van der Waals surface area (Å²) < 4.78 is 1.84. The van der Waals surface area contributed by atoms with E-state index in [0.717, 1.165) is 30.6 Å². The van der Waals surface area contributed by atoms with Crippen molar-refractivity contribution in [2.75, 3.05) is 6.54 Å². The first kappa shape index (κ1) is 17.5. The van der Waals surface area contributed by atoms with Crippen molar-refractivity contribution in [3.05, 3.63) is 17.5 Å². The molecule has 0 atom stereocenters. The molecule has 0 aliphatic rings. The summed E-state index contributed by atoms with van der Waals surface area (Å²) in [6, 6.07) is 0. The largest absolute Gasteiger partial charge is 0.370 e. The van der Waals surface area contributed by atoms with Crippen LogP contribution in [-0.4, -0.2) is 22.3 Å². The molecule has 0 spiro atoms. The van der Waals surface area contributed by atoms with Crippen LogP contribution >= 0.6 is 0 Å². The van der Waals surface area contributed by atoms with E-state index in [1.807, 2.05) is 17.9 Å². The molecule has 0 fully saturated rings. The molecule has 0 aliphatic carbocycles. The lowest BCUT2D eigenvalue weighted by atomic mass is 10.1. The minimum Gasteiger partial charge on any atom is -0.370 e. The van der Waals surface area contributed by atoms with Gasteiger partial charge in [0.15, 0.2) is 5.96 Å². The quantitative estimate of drug-likeness (QED) is 0.396. The molecule has 21 heavy (non-hydrogen) atoms. The second kappa shape index (κ2) is 10.2. The molecule has 0 unspecified atom stereocenters. The summed E-state index contributed by atoms with van der Waals surface area (Å²) in [7, 11) is 1.94. The zero-order valence-electron chi connectivity index (χ0n) is 13.9. The average Bonchev–Trinajstić information content (AvgIpc) is 2.84. The van der Waals surface area contributed by atoms with Gasteiger partial charge in [-0.1, -0.05) is 46.0 Å². The predicted molar refractivity (Wildman–Crippen MR) is 89.3 cm³/mol. The maximum absolute atomic E-state index is 5.89. The zero-order chi connectivity index (χ0) is 15.5. The summed E-state index contributed by atoms with van der Waals surface area (Å²) in [6.07, 6.45) is 10.7. The van der Waals surface area contributed by atoms with Crippen molar-refractivity contribution in [1.29, 1.82) is 0 Å². The fraction of sp³-hybridized carbons (Fsp3) is 0.750. The van der Waals surface area contributed by atoms with E-state index in [9.17, 15) is 0 Å². The standard InChI is InChI=1S/C16H31N5/c1-4-6-7-8-9-10-11-18-16(17)19-12-14-13-21(3)20-15(14)5-2/h13H,4-12H2,1-3H3,(H3,17,18,19). The Kier molecular flexibility index (Phi) is 8.55. The molecule has 0 aromatic carbocycles. The van der Waals surface area contributed by atoms with Crippen LogP contribution in [0.15, 0.2) is 11.2 Å². The third kappa shape index (κ3) is 7.16. The van der Waals surface area contributed by atoms with Gasteiger partial charge >= 0.3 is 0 Å². The lowest BCUT2D eigenvalue weighted by Crippen LogP contribution is -2.32. The fourth-order valence-electron chi connectivity index (χ4n) is 2.36. The van der Waals surface area contributed by atoms with Crippen molar-refractivity contribution in [3.8, 4) is 0 Å². The maximum atomic E-state index is 5.89. The third-order valence-corrected chi connectivity index (χ3v) is 3.58. The number of aromatic nitrogens is 2. The molecule has 1 aromatic rings. The van der Waals surface area contributed by atoms with Gasteiger partial charge in [-0.25, -0.2) is 4.99 Å². The van der Waals surface area contributed by atoms with Gasteiger partial charge < -0.3 is 11.1 Å². The summed E-state index contributed by atoms with van der Waals surface area (Å²) in [5.41, 5.74) is 8.15. The number of guanidine groups is 1. The van der Waals surface area contributed by atoms with Gasteiger partial charge in [0.05, 0.1) is 12.2 Å². The topological polar surface area (TPSA) is 68.2 Å². The van der Waals surface area contributed by atoms with Gasteiger partial charge in [0.2, 0.25) is 0 Å². The van der Waals surface area contributed by atoms with E-state index in [1.54, 1.807) is 0 Å². The van der Waals surface area contributed by atoms with Gasteiger partial charge in [-0.05, 0) is 12.8 Å². The number of aryl methyl sites for hydroxylation is 2. The fourth-order valence-corrected chi connectivity index (χ4v) is 2.36. The summed E-state index contributed by atoms with van der Waals surface area (Å²) >= 11 is 0. The van der Waals surface area contributed by atoms with Crippen molar-refractivity contribution in [1.82, 2.24) is 15.1 Å². The molecule has 1 rings (SSSR count). The molecule has 1 heterocycles. The van der Waals surface area contributed by atoms with Gasteiger partial charge in [-0.15, -0.1) is 0 Å². The number of nitrogens with one attached hydrogen (secondary N) is 1. The van der Waals surface area contributed by atoms with E-state index in [0.29, 0.717) is 12.5 Å². The van der Waals surface area contributed by atoms with Crippen LogP contribution in [0.4, 0.5) is 0 Å². The molecule has 0 radical (unpaired) electrons. The number of unbranched alkanes of at least 4 members (excludes halogenated alkanes) is 5. The smallest absolute Gasteiger partial charge is 0.188 e. The van der Waals surface area contributed by atoms with Gasteiger partial charge in [-0.2, -0.15) is 5.10 Å². The summed E-state index contributed by atoms with van der Waals surface area (Å²) in [5.74, 6) is 0.537. The molecular formula is C16H31N5. The Morgan fingerprint density at radius 1 is 1.24 bits per heavy atom. The third-order valence-electron chi connectivity index (χ3n) is 3.58. The second-order valence-electron chi connectivity index (χ2n) is 5.52. The molecule has 0 saturated carbocycles. The predicted octanol–water partition coefficient (Wildman–Crippen LogP) is 2.75. The first-order valence-electron chi connectivity index (χ1n) is 8.22. The number of aliphatic imine (C=N–C) groups is 1. The van der Waals surface area contributed by atoms with Crippen molar-refractivity contribution in [3.63, 3.8) is 0 Å². The van der Waals surface area contributed by atoms with E-state index in [4.69, 9.17) is 5.73 Å². The number of rotatable bonds is 10. The number of hydrogen-bond acceptors (Lipinski definition) is 2. The zero-order valence-corrected chi connectivity index (χ0v) is 13.9. The first-order chi connectivity index (χ1) is 10.2. The molecule has 1 aromatic heterocycles. The van der Waals surface area contributed by atoms with E-state index >= 15 is 0 Å². The van der Waals surface area contributed by atoms with E-state index in [1.165, 1.54) is 32.1 Å². The highest BCUT2D eigenvalue weighted by Gasteiger charge is 2.04. The molecule has 3 N–H and O–H groups in total. The van der Waals surface area contributed by atoms with Crippen LogP contribution in [0.3, 0.4) is 0 Å². The van der Waals surface area contributed by atoms with E-state index < -0.39 is 0 Å². The maximum Gasteiger partial charge on any atom is 0.188 e. The van der Waals surface area contributed by atoms with Crippen LogP contribution in [0.5, 0.6) is 0 Å². The second-order valence-corrected chi connectivity index (χ2v) is 5.52. The Morgan fingerprint density at radius 2 is 1.95 bits per heavy atom. The molecule has 0 bridgehead atoms. The van der Waals surface area contributed by atoms with Gasteiger partial charge in [-0.3, -0.25) is 4.68 Å². The summed E-state index contributed by atoms with van der Waals surface area (Å²) in [6.45, 7) is 5.86.